The molecule has 70 valence electrons. The van der Waals surface area contributed by atoms with Crippen molar-refractivity contribution in [1.82, 2.24) is 0 Å². The Kier molecular flexibility index (Phi) is 11.5. The second-order valence-corrected chi connectivity index (χ2v) is 3.07. The van der Waals surface area contributed by atoms with Crippen LogP contribution in [0.1, 0.15) is 34.6 Å². The molecule has 0 spiro atoms. The van der Waals surface area contributed by atoms with Crippen LogP contribution in [0.3, 0.4) is 0 Å². The van der Waals surface area contributed by atoms with E-state index in [2.05, 4.69) is 37.5 Å². The zero-order valence-corrected chi connectivity index (χ0v) is 8.83. The van der Waals surface area contributed by atoms with E-state index in [1.54, 1.807) is 12.4 Å². The maximum atomic E-state index is 3.92. The van der Waals surface area contributed by atoms with Crippen LogP contribution in [-0.2, 0) is 0 Å². The van der Waals surface area contributed by atoms with Crippen LogP contribution in [0.4, 0.5) is 0 Å². The fourth-order valence-electron chi connectivity index (χ4n) is 0.369. The van der Waals surface area contributed by atoms with E-state index in [1.165, 1.54) is 0 Å². The molecule has 0 bridgehead atoms. The van der Waals surface area contributed by atoms with E-state index < -0.39 is 0 Å². The molecule has 2 heteroatoms. The SMILES string of the molecule is C=N/C=C(/C)N=CC.CC(C)C. The van der Waals surface area contributed by atoms with E-state index in [0.717, 1.165) is 11.6 Å². The molecule has 0 aliphatic carbocycles. The molecular weight excluding hydrogens is 148 g/mol. The van der Waals surface area contributed by atoms with Gasteiger partial charge in [-0.25, -0.2) is 0 Å². The Labute approximate surface area is 76.1 Å². The lowest BCUT2D eigenvalue weighted by Crippen LogP contribution is -1.66. The highest BCUT2D eigenvalue weighted by molar-refractivity contribution is 5.55. The number of hydrogen-bond acceptors (Lipinski definition) is 2. The number of allylic oxidation sites excluding steroid dienone is 1. The molecular formula is C10H20N2. The van der Waals surface area contributed by atoms with Crippen LogP contribution >= 0.6 is 0 Å². The molecule has 0 radical (unpaired) electrons. The first-order valence-corrected chi connectivity index (χ1v) is 4.15. The molecule has 0 rings (SSSR count). The summed E-state index contributed by atoms with van der Waals surface area (Å²) in [4.78, 5) is 7.45. The van der Waals surface area contributed by atoms with Crippen molar-refractivity contribution in [2.45, 2.75) is 34.6 Å². The monoisotopic (exact) mass is 168 g/mol. The molecule has 0 heterocycles. The van der Waals surface area contributed by atoms with Gasteiger partial charge in [0.05, 0.1) is 5.70 Å². The third kappa shape index (κ3) is 23.0. The Hall–Kier alpha value is -0.920. The standard InChI is InChI=1S/C6H10N2.C4H10/c1-4-8-6(2)5-7-3;1-4(2)3/h4-5H,3H2,1-2H3;4H,1-3H3/b6-5-,8-4?;. The molecule has 0 aromatic carbocycles. The first-order chi connectivity index (χ1) is 5.54. The topological polar surface area (TPSA) is 24.7 Å². The van der Waals surface area contributed by atoms with E-state index in [0.29, 0.717) is 0 Å². The highest BCUT2D eigenvalue weighted by atomic mass is 14.8. The van der Waals surface area contributed by atoms with Crippen LogP contribution in [0.2, 0.25) is 0 Å². The third-order valence-electron chi connectivity index (χ3n) is 0.611. The minimum atomic E-state index is 0.833. The number of aliphatic imine (C=N–C) groups is 2. The summed E-state index contributed by atoms with van der Waals surface area (Å²) in [6, 6.07) is 0. The van der Waals surface area contributed by atoms with Gasteiger partial charge in [0.25, 0.3) is 0 Å². The fraction of sp³-hybridized carbons (Fsp3) is 0.600. The first kappa shape index (κ1) is 13.7. The molecule has 0 aromatic rings. The van der Waals surface area contributed by atoms with Crippen molar-refractivity contribution in [2.24, 2.45) is 15.9 Å². The quantitative estimate of drug-likeness (QED) is 0.565. The van der Waals surface area contributed by atoms with Gasteiger partial charge in [-0.3, -0.25) is 9.98 Å². The third-order valence-corrected chi connectivity index (χ3v) is 0.611. The van der Waals surface area contributed by atoms with Crippen molar-refractivity contribution in [3.63, 3.8) is 0 Å². The molecule has 0 atom stereocenters. The Morgan fingerprint density at radius 1 is 1.33 bits per heavy atom. The smallest absolute Gasteiger partial charge is 0.0550 e. The summed E-state index contributed by atoms with van der Waals surface area (Å²) < 4.78 is 0. The molecule has 0 amide bonds. The van der Waals surface area contributed by atoms with Crippen molar-refractivity contribution in [1.29, 1.82) is 0 Å². The fourth-order valence-corrected chi connectivity index (χ4v) is 0.369. The molecule has 0 aliphatic heterocycles. The summed E-state index contributed by atoms with van der Waals surface area (Å²) in [5.41, 5.74) is 0.877. The molecule has 0 saturated carbocycles. The van der Waals surface area contributed by atoms with Gasteiger partial charge in [0.2, 0.25) is 0 Å². The Balaban J connectivity index is 0. The summed E-state index contributed by atoms with van der Waals surface area (Å²) in [5, 5.41) is 0. The van der Waals surface area contributed by atoms with Gasteiger partial charge in [0, 0.05) is 12.4 Å². The Morgan fingerprint density at radius 3 is 2.00 bits per heavy atom. The van der Waals surface area contributed by atoms with Crippen LogP contribution < -0.4 is 0 Å². The second-order valence-electron chi connectivity index (χ2n) is 3.07. The van der Waals surface area contributed by atoms with Gasteiger partial charge in [-0.15, -0.1) is 0 Å². The normalized spacial score (nSPS) is 11.3. The van der Waals surface area contributed by atoms with E-state index >= 15 is 0 Å². The van der Waals surface area contributed by atoms with Gasteiger partial charge in [-0.1, -0.05) is 20.8 Å². The van der Waals surface area contributed by atoms with Crippen molar-refractivity contribution in [2.75, 3.05) is 0 Å². The van der Waals surface area contributed by atoms with E-state index in [1.807, 2.05) is 13.8 Å². The molecule has 0 N–H and O–H groups in total. The Bertz CT molecular complexity index is 152. The van der Waals surface area contributed by atoms with Crippen molar-refractivity contribution >= 4 is 12.9 Å². The zero-order chi connectivity index (χ0) is 9.98. The van der Waals surface area contributed by atoms with Crippen LogP contribution in [0, 0.1) is 5.92 Å². The van der Waals surface area contributed by atoms with Crippen LogP contribution in [-0.4, -0.2) is 12.9 Å². The minimum absolute atomic E-state index is 0.833. The first-order valence-electron chi connectivity index (χ1n) is 4.15. The van der Waals surface area contributed by atoms with E-state index in [9.17, 15) is 0 Å². The molecule has 0 unspecified atom stereocenters. The van der Waals surface area contributed by atoms with E-state index in [-0.39, 0.29) is 0 Å². The van der Waals surface area contributed by atoms with Crippen LogP contribution in [0.15, 0.2) is 21.9 Å². The van der Waals surface area contributed by atoms with Gasteiger partial charge in [-0.2, -0.15) is 0 Å². The highest BCUT2D eigenvalue weighted by Crippen LogP contribution is 1.90. The molecule has 12 heavy (non-hydrogen) atoms. The lowest BCUT2D eigenvalue weighted by molar-refractivity contribution is 0.737. The maximum absolute atomic E-state index is 3.92. The van der Waals surface area contributed by atoms with Gasteiger partial charge in [0.15, 0.2) is 0 Å². The van der Waals surface area contributed by atoms with E-state index in [4.69, 9.17) is 0 Å². The summed E-state index contributed by atoms with van der Waals surface area (Å²) >= 11 is 0. The van der Waals surface area contributed by atoms with Crippen LogP contribution in [0.5, 0.6) is 0 Å². The average Bonchev–Trinajstić information content (AvgIpc) is 1.87. The summed E-state index contributed by atoms with van der Waals surface area (Å²) in [6.07, 6.45) is 3.33. The van der Waals surface area contributed by atoms with Crippen molar-refractivity contribution in [3.8, 4) is 0 Å². The molecule has 2 nitrogen and oxygen atoms in total. The maximum Gasteiger partial charge on any atom is 0.0550 e. The lowest BCUT2D eigenvalue weighted by atomic mass is 10.3. The molecule has 0 fully saturated rings. The van der Waals surface area contributed by atoms with Crippen molar-refractivity contribution in [3.05, 3.63) is 11.9 Å². The van der Waals surface area contributed by atoms with Gasteiger partial charge >= 0.3 is 0 Å². The predicted octanol–water partition coefficient (Wildman–Crippen LogP) is 3.30. The largest absolute Gasteiger partial charge is 0.271 e. The average molecular weight is 168 g/mol. The number of hydrogen-bond donors (Lipinski definition) is 0. The molecule has 0 saturated heterocycles. The lowest BCUT2D eigenvalue weighted by Gasteiger charge is -1.82. The highest BCUT2D eigenvalue weighted by Gasteiger charge is 1.73. The second kappa shape index (κ2) is 10.1. The van der Waals surface area contributed by atoms with Gasteiger partial charge < -0.3 is 0 Å². The minimum Gasteiger partial charge on any atom is -0.271 e. The summed E-state index contributed by atoms with van der Waals surface area (Å²) in [7, 11) is 0. The summed E-state index contributed by atoms with van der Waals surface area (Å²) in [6.45, 7) is 13.5. The van der Waals surface area contributed by atoms with Crippen molar-refractivity contribution < 1.29 is 0 Å². The van der Waals surface area contributed by atoms with Crippen LogP contribution in [0.25, 0.3) is 0 Å². The Morgan fingerprint density at radius 2 is 1.75 bits per heavy atom. The van der Waals surface area contributed by atoms with Gasteiger partial charge in [-0.05, 0) is 26.5 Å². The number of rotatable bonds is 2. The zero-order valence-electron chi connectivity index (χ0n) is 8.83. The van der Waals surface area contributed by atoms with Gasteiger partial charge in [0.1, 0.15) is 0 Å². The molecule has 0 aliphatic rings. The number of nitrogens with zero attached hydrogens (tertiary/aromatic N) is 2. The summed E-state index contributed by atoms with van der Waals surface area (Å²) in [5.74, 6) is 0.833. The molecule has 0 aromatic heterocycles. The predicted molar refractivity (Wildman–Crippen MR) is 58.0 cm³/mol.